The molecule has 0 spiro atoms. The Morgan fingerprint density at radius 2 is 0.571 bits per heavy atom. The number of hydrogen-bond acceptors (Lipinski definition) is 0. The first-order valence-corrected chi connectivity index (χ1v) is 5.30. The van der Waals surface area contributed by atoms with Crippen LogP contribution in [0.1, 0.15) is 25.7 Å². The molecule has 0 radical (unpaired) electrons. The highest BCUT2D eigenvalue weighted by Gasteiger charge is 1.81. The minimum absolute atomic E-state index is 1.23. The zero-order chi connectivity index (χ0) is 9.90. The maximum Gasteiger partial charge on any atom is -0.0316 e. The third-order valence-electron chi connectivity index (χ3n) is 2.00. The van der Waals surface area contributed by atoms with Gasteiger partial charge in [0.1, 0.15) is 0 Å². The minimum Gasteiger partial charge on any atom is -0.0882 e. The molecule has 14 heavy (non-hydrogen) atoms. The SMILES string of the molecule is C1=CCCC=CCC1.c1ccccc1. The Labute approximate surface area is 87.0 Å². The Balaban J connectivity index is 0.000000146. The molecule has 0 nitrogen and oxygen atoms in total. The second-order valence-corrected chi connectivity index (χ2v) is 3.25. The predicted molar refractivity (Wildman–Crippen MR) is 63.2 cm³/mol. The summed E-state index contributed by atoms with van der Waals surface area (Å²) in [6, 6.07) is 12.0. The molecule has 0 N–H and O–H groups in total. The minimum atomic E-state index is 1.23. The summed E-state index contributed by atoms with van der Waals surface area (Å²) in [5.41, 5.74) is 0. The van der Waals surface area contributed by atoms with Gasteiger partial charge >= 0.3 is 0 Å². The Morgan fingerprint density at radius 3 is 0.786 bits per heavy atom. The van der Waals surface area contributed by atoms with Gasteiger partial charge in [-0.15, -0.1) is 0 Å². The van der Waals surface area contributed by atoms with Crippen LogP contribution >= 0.6 is 0 Å². The molecule has 0 aromatic heterocycles. The van der Waals surface area contributed by atoms with Crippen LogP contribution in [-0.4, -0.2) is 0 Å². The predicted octanol–water partition coefficient (Wildman–Crippen LogP) is 4.36. The summed E-state index contributed by atoms with van der Waals surface area (Å²) in [7, 11) is 0. The van der Waals surface area contributed by atoms with Crippen LogP contribution in [0.4, 0.5) is 0 Å². The van der Waals surface area contributed by atoms with Crippen LogP contribution in [0.15, 0.2) is 60.7 Å². The van der Waals surface area contributed by atoms with Crippen molar-refractivity contribution < 1.29 is 0 Å². The highest BCUT2D eigenvalue weighted by molar-refractivity contribution is 4.99. The normalized spacial score (nSPS) is 14.9. The van der Waals surface area contributed by atoms with Crippen molar-refractivity contribution in [3.63, 3.8) is 0 Å². The molecular formula is C14H18. The van der Waals surface area contributed by atoms with Gasteiger partial charge in [0.05, 0.1) is 0 Å². The van der Waals surface area contributed by atoms with Gasteiger partial charge in [-0.2, -0.15) is 0 Å². The van der Waals surface area contributed by atoms with Crippen molar-refractivity contribution in [3.8, 4) is 0 Å². The van der Waals surface area contributed by atoms with Crippen LogP contribution in [0.3, 0.4) is 0 Å². The molecule has 0 heterocycles. The van der Waals surface area contributed by atoms with E-state index in [9.17, 15) is 0 Å². The second kappa shape index (κ2) is 8.31. The van der Waals surface area contributed by atoms with Crippen LogP contribution in [0.25, 0.3) is 0 Å². The van der Waals surface area contributed by atoms with Gasteiger partial charge in [0, 0.05) is 0 Å². The monoisotopic (exact) mass is 186 g/mol. The molecule has 1 aliphatic carbocycles. The highest BCUT2D eigenvalue weighted by atomic mass is 13.9. The van der Waals surface area contributed by atoms with Gasteiger partial charge in [0.15, 0.2) is 0 Å². The Morgan fingerprint density at radius 1 is 0.357 bits per heavy atom. The van der Waals surface area contributed by atoms with Crippen LogP contribution in [-0.2, 0) is 0 Å². The first kappa shape index (κ1) is 10.8. The molecule has 0 heteroatoms. The summed E-state index contributed by atoms with van der Waals surface area (Å²) >= 11 is 0. The summed E-state index contributed by atoms with van der Waals surface area (Å²) in [4.78, 5) is 0. The van der Waals surface area contributed by atoms with E-state index in [-0.39, 0.29) is 0 Å². The Bertz CT molecular complexity index is 204. The molecule has 0 aliphatic heterocycles. The number of hydrogen-bond donors (Lipinski definition) is 0. The molecule has 0 saturated heterocycles. The average Bonchev–Trinajstić information content (AvgIpc) is 2.20. The third kappa shape index (κ3) is 6.24. The Kier molecular flexibility index (Phi) is 6.39. The van der Waals surface area contributed by atoms with Crippen LogP contribution in [0.5, 0.6) is 0 Å². The van der Waals surface area contributed by atoms with Crippen LogP contribution in [0, 0.1) is 0 Å². The standard InChI is InChI=1S/C8H12.C6H6/c1-2-4-6-8-7-5-3-1;1-2-4-6-5-3-1/h1-2,7-8H,3-6H2;1-6H. The van der Waals surface area contributed by atoms with Crippen LogP contribution in [0.2, 0.25) is 0 Å². The van der Waals surface area contributed by atoms with Gasteiger partial charge in [-0.3, -0.25) is 0 Å². The molecule has 1 aromatic rings. The lowest BCUT2D eigenvalue weighted by Gasteiger charge is -1.92. The first-order chi connectivity index (χ1) is 7.00. The summed E-state index contributed by atoms with van der Waals surface area (Å²) in [6.45, 7) is 0. The maximum atomic E-state index is 2.27. The number of allylic oxidation sites excluding steroid dienone is 4. The van der Waals surface area contributed by atoms with Gasteiger partial charge in [0.2, 0.25) is 0 Å². The molecule has 0 fully saturated rings. The van der Waals surface area contributed by atoms with E-state index >= 15 is 0 Å². The van der Waals surface area contributed by atoms with E-state index in [1.165, 1.54) is 25.7 Å². The summed E-state index contributed by atoms with van der Waals surface area (Å²) in [6.07, 6.45) is 14.0. The summed E-state index contributed by atoms with van der Waals surface area (Å²) in [5, 5.41) is 0. The molecule has 0 unspecified atom stereocenters. The quantitative estimate of drug-likeness (QED) is 0.528. The Hall–Kier alpha value is -1.30. The molecule has 2 rings (SSSR count). The molecule has 1 aromatic carbocycles. The molecular weight excluding hydrogens is 168 g/mol. The fourth-order valence-electron chi connectivity index (χ4n) is 1.24. The zero-order valence-electron chi connectivity index (χ0n) is 8.60. The lowest BCUT2D eigenvalue weighted by atomic mass is 10.1. The van der Waals surface area contributed by atoms with Crippen molar-refractivity contribution in [2.75, 3.05) is 0 Å². The van der Waals surface area contributed by atoms with E-state index in [2.05, 4.69) is 24.3 Å². The van der Waals surface area contributed by atoms with Gasteiger partial charge in [-0.05, 0) is 25.7 Å². The lowest BCUT2D eigenvalue weighted by molar-refractivity contribution is 0.962. The fraction of sp³-hybridized carbons (Fsp3) is 0.286. The van der Waals surface area contributed by atoms with Gasteiger partial charge in [-0.25, -0.2) is 0 Å². The van der Waals surface area contributed by atoms with Gasteiger partial charge < -0.3 is 0 Å². The highest BCUT2D eigenvalue weighted by Crippen LogP contribution is 2.02. The zero-order valence-corrected chi connectivity index (χ0v) is 8.60. The smallest absolute Gasteiger partial charge is 0.0316 e. The average molecular weight is 186 g/mol. The van der Waals surface area contributed by atoms with E-state index in [1.54, 1.807) is 0 Å². The van der Waals surface area contributed by atoms with Gasteiger partial charge in [0.25, 0.3) is 0 Å². The van der Waals surface area contributed by atoms with E-state index in [1.807, 2.05) is 36.4 Å². The van der Waals surface area contributed by atoms with Crippen molar-refractivity contribution in [1.82, 2.24) is 0 Å². The molecule has 0 bridgehead atoms. The summed E-state index contributed by atoms with van der Waals surface area (Å²) in [5.74, 6) is 0. The third-order valence-corrected chi connectivity index (χ3v) is 2.00. The molecule has 0 amide bonds. The van der Waals surface area contributed by atoms with Gasteiger partial charge in [-0.1, -0.05) is 60.7 Å². The summed E-state index contributed by atoms with van der Waals surface area (Å²) < 4.78 is 0. The van der Waals surface area contributed by atoms with Crippen molar-refractivity contribution in [1.29, 1.82) is 0 Å². The first-order valence-electron chi connectivity index (χ1n) is 5.30. The van der Waals surface area contributed by atoms with Crippen molar-refractivity contribution in [2.24, 2.45) is 0 Å². The molecule has 1 aliphatic rings. The fourth-order valence-corrected chi connectivity index (χ4v) is 1.24. The van der Waals surface area contributed by atoms with E-state index < -0.39 is 0 Å². The van der Waals surface area contributed by atoms with Crippen LogP contribution < -0.4 is 0 Å². The number of rotatable bonds is 0. The molecule has 0 atom stereocenters. The van der Waals surface area contributed by atoms with E-state index in [4.69, 9.17) is 0 Å². The lowest BCUT2D eigenvalue weighted by Crippen LogP contribution is -1.71. The topological polar surface area (TPSA) is 0 Å². The second-order valence-electron chi connectivity index (χ2n) is 3.25. The molecule has 74 valence electrons. The van der Waals surface area contributed by atoms with E-state index in [0.717, 1.165) is 0 Å². The molecule has 0 saturated carbocycles. The van der Waals surface area contributed by atoms with Crippen molar-refractivity contribution in [3.05, 3.63) is 60.7 Å². The van der Waals surface area contributed by atoms with Crippen molar-refractivity contribution in [2.45, 2.75) is 25.7 Å². The van der Waals surface area contributed by atoms with E-state index in [0.29, 0.717) is 0 Å². The largest absolute Gasteiger partial charge is 0.0882 e. The maximum absolute atomic E-state index is 2.27. The number of benzene rings is 1. The van der Waals surface area contributed by atoms with Crippen molar-refractivity contribution >= 4 is 0 Å².